The fourth-order valence-corrected chi connectivity index (χ4v) is 3.00. The summed E-state index contributed by atoms with van der Waals surface area (Å²) in [6.07, 6.45) is 0.692. The molecule has 4 rings (SSSR count). The van der Waals surface area contributed by atoms with Crippen LogP contribution in [0.3, 0.4) is 0 Å². The molecule has 0 atom stereocenters. The first-order valence-corrected chi connectivity index (χ1v) is 6.21. The van der Waals surface area contributed by atoms with Crippen LogP contribution in [0.2, 0.25) is 0 Å². The van der Waals surface area contributed by atoms with Crippen LogP contribution in [0, 0.1) is 0 Å². The lowest BCUT2D eigenvalue weighted by molar-refractivity contribution is 0.0696. The molecular formula is C16H11NO2. The number of aromatic nitrogens is 1. The van der Waals surface area contributed by atoms with Crippen molar-refractivity contribution in [3.8, 4) is 11.3 Å². The van der Waals surface area contributed by atoms with Crippen LogP contribution in [0.1, 0.15) is 21.5 Å². The number of rotatable bonds is 1. The molecule has 1 aliphatic rings. The van der Waals surface area contributed by atoms with Crippen molar-refractivity contribution in [2.75, 3.05) is 0 Å². The number of carbonyl (C=O) groups is 1. The molecule has 1 aliphatic carbocycles. The van der Waals surface area contributed by atoms with Gasteiger partial charge in [0, 0.05) is 22.9 Å². The number of benzene rings is 2. The Hall–Kier alpha value is -2.55. The highest BCUT2D eigenvalue weighted by atomic mass is 16.4. The number of hydrogen-bond donors (Lipinski definition) is 2. The van der Waals surface area contributed by atoms with Gasteiger partial charge in [0.2, 0.25) is 0 Å². The van der Waals surface area contributed by atoms with Crippen LogP contribution >= 0.6 is 0 Å². The number of para-hydroxylation sites is 1. The van der Waals surface area contributed by atoms with E-state index in [0.717, 1.165) is 22.3 Å². The molecule has 0 unspecified atom stereocenters. The van der Waals surface area contributed by atoms with Crippen molar-refractivity contribution >= 4 is 16.9 Å². The van der Waals surface area contributed by atoms with E-state index in [9.17, 15) is 9.90 Å². The first-order chi connectivity index (χ1) is 9.25. The van der Waals surface area contributed by atoms with Gasteiger partial charge in [0.05, 0.1) is 11.3 Å². The Kier molecular flexibility index (Phi) is 1.90. The molecule has 0 bridgehead atoms. The van der Waals surface area contributed by atoms with E-state index in [1.54, 1.807) is 6.07 Å². The van der Waals surface area contributed by atoms with Gasteiger partial charge in [-0.25, -0.2) is 4.79 Å². The number of carboxylic acid groups (broad SMARTS) is 1. The summed E-state index contributed by atoms with van der Waals surface area (Å²) in [6, 6.07) is 13.6. The highest BCUT2D eigenvalue weighted by Crippen LogP contribution is 2.41. The van der Waals surface area contributed by atoms with E-state index in [-0.39, 0.29) is 0 Å². The molecule has 3 heteroatoms. The standard InChI is InChI=1S/C16H11NO2/c18-16(19)11-6-3-5-10-12(11)8-13-9-4-1-2-7-14(9)17-15(10)13/h1-7,17H,8H2,(H,18,19). The lowest BCUT2D eigenvalue weighted by atomic mass is 10.0. The molecule has 0 spiro atoms. The number of aromatic carboxylic acids is 1. The van der Waals surface area contributed by atoms with Crippen LogP contribution in [-0.2, 0) is 6.42 Å². The zero-order chi connectivity index (χ0) is 13.0. The van der Waals surface area contributed by atoms with Gasteiger partial charge in [-0.05, 0) is 23.3 Å². The normalized spacial score (nSPS) is 12.4. The second-order valence-electron chi connectivity index (χ2n) is 4.84. The Morgan fingerprint density at radius 3 is 2.74 bits per heavy atom. The van der Waals surface area contributed by atoms with Gasteiger partial charge in [-0.3, -0.25) is 0 Å². The molecule has 1 heterocycles. The molecule has 0 radical (unpaired) electrons. The highest BCUT2D eigenvalue weighted by Gasteiger charge is 2.26. The summed E-state index contributed by atoms with van der Waals surface area (Å²) in [7, 11) is 0. The molecule has 3 nitrogen and oxygen atoms in total. The summed E-state index contributed by atoms with van der Waals surface area (Å²) in [4.78, 5) is 14.7. The quantitative estimate of drug-likeness (QED) is 0.543. The highest BCUT2D eigenvalue weighted by molar-refractivity contribution is 5.99. The van der Waals surface area contributed by atoms with Gasteiger partial charge in [-0.2, -0.15) is 0 Å². The Morgan fingerprint density at radius 2 is 1.89 bits per heavy atom. The molecule has 2 N–H and O–H groups in total. The minimum absolute atomic E-state index is 0.409. The number of hydrogen-bond acceptors (Lipinski definition) is 1. The van der Waals surface area contributed by atoms with E-state index in [4.69, 9.17) is 0 Å². The van der Waals surface area contributed by atoms with Crippen LogP contribution in [0.25, 0.3) is 22.2 Å². The van der Waals surface area contributed by atoms with E-state index in [1.165, 1.54) is 10.9 Å². The maximum atomic E-state index is 11.3. The van der Waals surface area contributed by atoms with Crippen molar-refractivity contribution in [1.82, 2.24) is 4.98 Å². The van der Waals surface area contributed by atoms with Crippen molar-refractivity contribution in [1.29, 1.82) is 0 Å². The Balaban J connectivity index is 2.04. The minimum Gasteiger partial charge on any atom is -0.478 e. The van der Waals surface area contributed by atoms with E-state index < -0.39 is 5.97 Å². The number of nitrogens with one attached hydrogen (secondary N) is 1. The second kappa shape index (κ2) is 3.48. The molecule has 0 saturated carbocycles. The number of aromatic amines is 1. The van der Waals surface area contributed by atoms with Crippen molar-refractivity contribution in [3.05, 3.63) is 59.2 Å². The monoisotopic (exact) mass is 249 g/mol. The molecule has 3 aromatic rings. The average Bonchev–Trinajstić information content (AvgIpc) is 2.94. The van der Waals surface area contributed by atoms with Gasteiger partial charge in [0.15, 0.2) is 0 Å². The van der Waals surface area contributed by atoms with E-state index in [1.807, 2.05) is 30.3 Å². The Bertz CT molecular complexity index is 830. The number of H-pyrrole nitrogens is 1. The summed E-state index contributed by atoms with van der Waals surface area (Å²) in [5.41, 5.74) is 5.73. The fourth-order valence-electron chi connectivity index (χ4n) is 3.00. The summed E-state index contributed by atoms with van der Waals surface area (Å²) in [5.74, 6) is -0.855. The maximum Gasteiger partial charge on any atom is 0.335 e. The summed E-state index contributed by atoms with van der Waals surface area (Å²) in [5, 5.41) is 10.5. The van der Waals surface area contributed by atoms with Crippen molar-refractivity contribution in [2.45, 2.75) is 6.42 Å². The Labute approximate surface area is 109 Å². The molecular weight excluding hydrogens is 238 g/mol. The van der Waals surface area contributed by atoms with Gasteiger partial charge in [-0.15, -0.1) is 0 Å². The van der Waals surface area contributed by atoms with Crippen molar-refractivity contribution in [2.24, 2.45) is 0 Å². The van der Waals surface area contributed by atoms with Crippen molar-refractivity contribution in [3.63, 3.8) is 0 Å². The first kappa shape index (κ1) is 10.4. The molecule has 0 aliphatic heterocycles. The topological polar surface area (TPSA) is 53.1 Å². The van der Waals surface area contributed by atoms with Gasteiger partial charge in [0.1, 0.15) is 0 Å². The predicted octanol–water partition coefficient (Wildman–Crippen LogP) is 3.44. The van der Waals surface area contributed by atoms with Crippen molar-refractivity contribution < 1.29 is 9.90 Å². The second-order valence-corrected chi connectivity index (χ2v) is 4.84. The zero-order valence-corrected chi connectivity index (χ0v) is 10.1. The number of fused-ring (bicyclic) bond motifs is 5. The summed E-state index contributed by atoms with van der Waals surface area (Å²) < 4.78 is 0. The van der Waals surface area contributed by atoms with Crippen LogP contribution in [0.5, 0.6) is 0 Å². The molecule has 92 valence electrons. The van der Waals surface area contributed by atoms with Crippen LogP contribution in [-0.4, -0.2) is 16.1 Å². The number of carboxylic acids is 1. The first-order valence-electron chi connectivity index (χ1n) is 6.21. The average molecular weight is 249 g/mol. The third kappa shape index (κ3) is 1.30. The van der Waals surface area contributed by atoms with Gasteiger partial charge in [0.25, 0.3) is 0 Å². The van der Waals surface area contributed by atoms with Gasteiger partial charge < -0.3 is 10.1 Å². The fraction of sp³-hybridized carbons (Fsp3) is 0.0625. The minimum atomic E-state index is -0.855. The van der Waals surface area contributed by atoms with E-state index >= 15 is 0 Å². The molecule has 1 aromatic heterocycles. The molecule has 19 heavy (non-hydrogen) atoms. The van der Waals surface area contributed by atoms with Gasteiger partial charge in [-0.1, -0.05) is 30.3 Å². The molecule has 0 amide bonds. The predicted molar refractivity (Wildman–Crippen MR) is 73.5 cm³/mol. The van der Waals surface area contributed by atoms with Crippen LogP contribution in [0.15, 0.2) is 42.5 Å². The van der Waals surface area contributed by atoms with E-state index in [2.05, 4.69) is 11.1 Å². The molecule has 2 aromatic carbocycles. The SMILES string of the molecule is O=C(O)c1cccc2c1Cc1c-2[nH]c2ccccc12. The lowest BCUT2D eigenvalue weighted by Gasteiger charge is -2.04. The summed E-state index contributed by atoms with van der Waals surface area (Å²) >= 11 is 0. The Morgan fingerprint density at radius 1 is 1.05 bits per heavy atom. The molecule has 0 fully saturated rings. The zero-order valence-electron chi connectivity index (χ0n) is 10.1. The maximum absolute atomic E-state index is 11.3. The van der Waals surface area contributed by atoms with Crippen LogP contribution < -0.4 is 0 Å². The largest absolute Gasteiger partial charge is 0.478 e. The third-order valence-corrected chi connectivity index (χ3v) is 3.84. The third-order valence-electron chi connectivity index (χ3n) is 3.84. The summed E-state index contributed by atoms with van der Waals surface area (Å²) in [6.45, 7) is 0. The van der Waals surface area contributed by atoms with Gasteiger partial charge >= 0.3 is 5.97 Å². The molecule has 0 saturated heterocycles. The lowest BCUT2D eigenvalue weighted by Crippen LogP contribution is -2.01. The smallest absolute Gasteiger partial charge is 0.335 e. The van der Waals surface area contributed by atoms with E-state index in [0.29, 0.717) is 12.0 Å². The van der Waals surface area contributed by atoms with Crippen LogP contribution in [0.4, 0.5) is 0 Å².